The van der Waals surface area contributed by atoms with Crippen molar-refractivity contribution in [2.45, 2.75) is 44.0 Å². The number of ether oxygens (including phenoxy) is 1. The third kappa shape index (κ3) is 5.35. The zero-order valence-corrected chi connectivity index (χ0v) is 17.1. The number of rotatable bonds is 7. The monoisotopic (exact) mass is 413 g/mol. The minimum atomic E-state index is -3.69. The summed E-state index contributed by atoms with van der Waals surface area (Å²) in [5.41, 5.74) is -0.0364. The summed E-state index contributed by atoms with van der Waals surface area (Å²) in [4.78, 5) is 24.1. The van der Waals surface area contributed by atoms with Crippen LogP contribution in [0.15, 0.2) is 23.1 Å². The summed E-state index contributed by atoms with van der Waals surface area (Å²) in [6.07, 6.45) is 1.19. The Bertz CT molecular complexity index is 819. The number of anilines is 1. The number of carbonyl (C=O) groups is 2. The van der Waals surface area contributed by atoms with E-state index in [0.29, 0.717) is 19.5 Å². The van der Waals surface area contributed by atoms with Crippen molar-refractivity contribution in [1.29, 1.82) is 0 Å². The molecule has 1 aliphatic rings. The molecule has 1 atom stereocenters. The summed E-state index contributed by atoms with van der Waals surface area (Å²) in [6, 6.07) is 2.86. The minimum absolute atomic E-state index is 0.0103. The molecule has 1 saturated heterocycles. The average Bonchev–Trinajstić information content (AvgIpc) is 3.17. The van der Waals surface area contributed by atoms with Crippen LogP contribution >= 0.6 is 0 Å². The van der Waals surface area contributed by atoms with Gasteiger partial charge in [-0.15, -0.1) is 0 Å². The highest BCUT2D eigenvalue weighted by atomic mass is 32.2. The standard InChI is InChI=1S/C18H27N3O6S/c1-12(2)10-15(20-18(24)27-3)17(23)19-14-11-13(6-7-16(14)22)28(25,26)21-8-4-5-9-21/h6-7,11-12,15,22H,4-5,8-10H2,1-3H3,(H,19,23)(H,20,24). The van der Waals surface area contributed by atoms with Crippen molar-refractivity contribution in [3.63, 3.8) is 0 Å². The van der Waals surface area contributed by atoms with Gasteiger partial charge in [0.25, 0.3) is 0 Å². The molecule has 0 saturated carbocycles. The second-order valence-electron chi connectivity index (χ2n) is 7.10. The highest BCUT2D eigenvalue weighted by molar-refractivity contribution is 7.89. The molecule has 10 heteroatoms. The van der Waals surface area contributed by atoms with Gasteiger partial charge in [0, 0.05) is 13.1 Å². The first-order valence-corrected chi connectivity index (χ1v) is 10.6. The van der Waals surface area contributed by atoms with Crippen LogP contribution in [0.5, 0.6) is 5.75 Å². The van der Waals surface area contributed by atoms with E-state index in [1.165, 1.54) is 29.6 Å². The van der Waals surface area contributed by atoms with Crippen LogP contribution in [0.4, 0.5) is 10.5 Å². The maximum absolute atomic E-state index is 12.7. The third-order valence-corrected chi connectivity index (χ3v) is 6.32. The Kier molecular flexibility index (Phi) is 7.25. The number of amides is 2. The molecule has 1 aromatic carbocycles. The van der Waals surface area contributed by atoms with Gasteiger partial charge < -0.3 is 20.5 Å². The van der Waals surface area contributed by atoms with Gasteiger partial charge in [0.15, 0.2) is 0 Å². The van der Waals surface area contributed by atoms with E-state index in [0.717, 1.165) is 12.8 Å². The van der Waals surface area contributed by atoms with Gasteiger partial charge >= 0.3 is 6.09 Å². The van der Waals surface area contributed by atoms with Crippen molar-refractivity contribution >= 4 is 27.7 Å². The highest BCUT2D eigenvalue weighted by Gasteiger charge is 2.29. The normalized spacial score (nSPS) is 16.0. The van der Waals surface area contributed by atoms with E-state index in [4.69, 9.17) is 0 Å². The summed E-state index contributed by atoms with van der Waals surface area (Å²) >= 11 is 0. The van der Waals surface area contributed by atoms with Gasteiger partial charge in [0.2, 0.25) is 15.9 Å². The highest BCUT2D eigenvalue weighted by Crippen LogP contribution is 2.29. The summed E-state index contributed by atoms with van der Waals surface area (Å²) in [5, 5.41) is 15.0. The Hall–Kier alpha value is -2.33. The number of methoxy groups -OCH3 is 1. The molecular weight excluding hydrogens is 386 g/mol. The van der Waals surface area contributed by atoms with E-state index in [1.54, 1.807) is 0 Å². The number of phenolic OH excluding ortho intramolecular Hbond substituents is 1. The SMILES string of the molecule is COC(=O)NC(CC(C)C)C(=O)Nc1cc(S(=O)(=O)N2CCCC2)ccc1O. The summed E-state index contributed by atoms with van der Waals surface area (Å²) in [7, 11) is -2.50. The van der Waals surface area contributed by atoms with Crippen LogP contribution in [-0.2, 0) is 19.6 Å². The second-order valence-corrected chi connectivity index (χ2v) is 9.04. The van der Waals surface area contributed by atoms with Crippen molar-refractivity contribution in [3.05, 3.63) is 18.2 Å². The molecule has 156 valence electrons. The molecule has 1 aliphatic heterocycles. The van der Waals surface area contributed by atoms with Crippen molar-refractivity contribution in [2.24, 2.45) is 5.92 Å². The first-order valence-electron chi connectivity index (χ1n) is 9.13. The van der Waals surface area contributed by atoms with Crippen LogP contribution < -0.4 is 10.6 Å². The number of sulfonamides is 1. The van der Waals surface area contributed by atoms with Gasteiger partial charge in [-0.25, -0.2) is 13.2 Å². The topological polar surface area (TPSA) is 125 Å². The fourth-order valence-electron chi connectivity index (χ4n) is 2.98. The van der Waals surface area contributed by atoms with E-state index in [2.05, 4.69) is 15.4 Å². The minimum Gasteiger partial charge on any atom is -0.506 e. The average molecular weight is 413 g/mol. The Morgan fingerprint density at radius 3 is 2.46 bits per heavy atom. The lowest BCUT2D eigenvalue weighted by atomic mass is 10.0. The zero-order valence-electron chi connectivity index (χ0n) is 16.3. The Balaban J connectivity index is 2.23. The predicted octanol–water partition coefficient (Wildman–Crippen LogP) is 1.89. The number of hydrogen-bond acceptors (Lipinski definition) is 6. The molecule has 1 heterocycles. The van der Waals surface area contributed by atoms with Crippen LogP contribution in [0.2, 0.25) is 0 Å². The third-order valence-electron chi connectivity index (χ3n) is 4.43. The Labute approximate surface area is 165 Å². The van der Waals surface area contributed by atoms with Crippen molar-refractivity contribution in [1.82, 2.24) is 9.62 Å². The van der Waals surface area contributed by atoms with Crippen LogP contribution in [0.25, 0.3) is 0 Å². The van der Waals surface area contributed by atoms with Gasteiger partial charge in [-0.2, -0.15) is 4.31 Å². The number of phenols is 1. The number of nitrogens with one attached hydrogen (secondary N) is 2. The molecule has 0 bridgehead atoms. The first-order chi connectivity index (χ1) is 13.1. The van der Waals surface area contributed by atoms with Gasteiger partial charge in [-0.1, -0.05) is 13.8 Å². The van der Waals surface area contributed by atoms with Gasteiger partial charge in [0.1, 0.15) is 11.8 Å². The van der Waals surface area contributed by atoms with E-state index in [1.807, 2.05) is 13.8 Å². The van der Waals surface area contributed by atoms with Crippen LogP contribution in [0.3, 0.4) is 0 Å². The quantitative estimate of drug-likeness (QED) is 0.586. The lowest BCUT2D eigenvalue weighted by Crippen LogP contribution is -2.44. The summed E-state index contributed by atoms with van der Waals surface area (Å²) in [5.74, 6) is -0.747. The number of hydrogen-bond donors (Lipinski definition) is 3. The van der Waals surface area contributed by atoms with E-state index in [9.17, 15) is 23.1 Å². The maximum atomic E-state index is 12.7. The van der Waals surface area contributed by atoms with E-state index in [-0.39, 0.29) is 22.3 Å². The fourth-order valence-corrected chi connectivity index (χ4v) is 4.52. The number of alkyl carbamates (subject to hydrolysis) is 1. The number of carbonyl (C=O) groups excluding carboxylic acids is 2. The van der Waals surface area contributed by atoms with Crippen LogP contribution in [0.1, 0.15) is 33.1 Å². The lowest BCUT2D eigenvalue weighted by Gasteiger charge is -2.20. The van der Waals surface area contributed by atoms with E-state index < -0.39 is 28.1 Å². The fraction of sp³-hybridized carbons (Fsp3) is 0.556. The molecule has 2 amide bonds. The zero-order chi connectivity index (χ0) is 20.9. The maximum Gasteiger partial charge on any atom is 0.407 e. The molecule has 1 unspecified atom stereocenters. The predicted molar refractivity (Wildman–Crippen MR) is 104 cm³/mol. The molecule has 0 aromatic heterocycles. The lowest BCUT2D eigenvalue weighted by molar-refractivity contribution is -0.118. The van der Waals surface area contributed by atoms with Gasteiger partial charge in [-0.05, 0) is 43.4 Å². The van der Waals surface area contributed by atoms with Crippen molar-refractivity contribution in [2.75, 3.05) is 25.5 Å². The van der Waals surface area contributed by atoms with Gasteiger partial charge in [0.05, 0.1) is 17.7 Å². The van der Waals surface area contributed by atoms with Gasteiger partial charge in [-0.3, -0.25) is 4.79 Å². The van der Waals surface area contributed by atoms with Crippen LogP contribution in [-0.4, -0.2) is 56.1 Å². The van der Waals surface area contributed by atoms with Crippen LogP contribution in [0, 0.1) is 5.92 Å². The largest absolute Gasteiger partial charge is 0.506 e. The molecule has 1 aromatic rings. The molecule has 0 spiro atoms. The number of benzene rings is 1. The smallest absolute Gasteiger partial charge is 0.407 e. The molecule has 28 heavy (non-hydrogen) atoms. The molecule has 0 aliphatic carbocycles. The van der Waals surface area contributed by atoms with Crippen molar-refractivity contribution in [3.8, 4) is 5.75 Å². The van der Waals surface area contributed by atoms with E-state index >= 15 is 0 Å². The molecule has 1 fully saturated rings. The Morgan fingerprint density at radius 2 is 1.89 bits per heavy atom. The molecule has 9 nitrogen and oxygen atoms in total. The molecular formula is C18H27N3O6S. The second kappa shape index (κ2) is 9.24. The Morgan fingerprint density at radius 1 is 1.25 bits per heavy atom. The molecule has 3 N–H and O–H groups in total. The molecule has 2 rings (SSSR count). The van der Waals surface area contributed by atoms with Crippen molar-refractivity contribution < 1.29 is 27.9 Å². The first kappa shape index (κ1) is 22.0. The summed E-state index contributed by atoms with van der Waals surface area (Å²) < 4.78 is 31.3. The number of aromatic hydroxyl groups is 1. The summed E-state index contributed by atoms with van der Waals surface area (Å²) in [6.45, 7) is 4.68. The number of nitrogens with zero attached hydrogens (tertiary/aromatic N) is 1. The molecule has 0 radical (unpaired) electrons.